The van der Waals surface area contributed by atoms with E-state index in [1.54, 1.807) is 12.1 Å². The van der Waals surface area contributed by atoms with Crippen LogP contribution in [0.4, 0.5) is 4.39 Å². The summed E-state index contributed by atoms with van der Waals surface area (Å²) in [6.45, 7) is 7.84. The molecule has 25 heavy (non-hydrogen) atoms. The number of hydrogen-bond acceptors (Lipinski definition) is 3. The lowest BCUT2D eigenvalue weighted by Crippen LogP contribution is -2.17. The van der Waals surface area contributed by atoms with Crippen LogP contribution in [0.3, 0.4) is 0 Å². The molecule has 0 aliphatic rings. The lowest BCUT2D eigenvalue weighted by Gasteiger charge is -2.17. The van der Waals surface area contributed by atoms with E-state index in [9.17, 15) is 4.39 Å². The van der Waals surface area contributed by atoms with Crippen LogP contribution in [-0.2, 0) is 13.0 Å². The quantitative estimate of drug-likeness (QED) is 0.634. The van der Waals surface area contributed by atoms with E-state index in [4.69, 9.17) is 21.1 Å². The molecule has 0 radical (unpaired) electrons. The maximum absolute atomic E-state index is 12.9. The Morgan fingerprint density at radius 2 is 1.84 bits per heavy atom. The van der Waals surface area contributed by atoms with E-state index < -0.39 is 0 Å². The summed E-state index contributed by atoms with van der Waals surface area (Å²) in [5.74, 6) is 1.16. The summed E-state index contributed by atoms with van der Waals surface area (Å²) >= 11 is 6.38. The van der Waals surface area contributed by atoms with E-state index >= 15 is 0 Å². The Balaban J connectivity index is 1.96. The SMILES string of the molecule is CCOc1cc(CNCCc2ccc(F)cc2)c(Cl)cc1OC(C)C. The summed E-state index contributed by atoms with van der Waals surface area (Å²) in [5, 5.41) is 4.01. The number of halogens is 2. The molecule has 0 amide bonds. The van der Waals surface area contributed by atoms with Crippen LogP contribution in [0.1, 0.15) is 31.9 Å². The van der Waals surface area contributed by atoms with Crippen LogP contribution in [-0.4, -0.2) is 19.3 Å². The molecule has 5 heteroatoms. The standard InChI is InChI=1S/C20H25ClFNO2/c1-4-24-19-11-16(18(21)12-20(19)25-14(2)3)13-23-10-9-15-5-7-17(22)8-6-15/h5-8,11-12,14,23H,4,9-10,13H2,1-3H3. The first-order valence-corrected chi connectivity index (χ1v) is 8.94. The third-order valence-electron chi connectivity index (χ3n) is 3.59. The van der Waals surface area contributed by atoms with Crippen molar-refractivity contribution in [2.75, 3.05) is 13.2 Å². The van der Waals surface area contributed by atoms with Crippen molar-refractivity contribution in [1.82, 2.24) is 5.32 Å². The van der Waals surface area contributed by atoms with E-state index in [0.717, 1.165) is 24.1 Å². The molecule has 0 atom stereocenters. The third kappa shape index (κ3) is 6.22. The van der Waals surface area contributed by atoms with Gasteiger partial charge in [0, 0.05) is 17.6 Å². The maximum atomic E-state index is 12.9. The van der Waals surface area contributed by atoms with Crippen LogP contribution in [0, 0.1) is 5.82 Å². The summed E-state index contributed by atoms with van der Waals surface area (Å²) < 4.78 is 24.3. The fourth-order valence-corrected chi connectivity index (χ4v) is 2.65. The molecular formula is C20H25ClFNO2. The maximum Gasteiger partial charge on any atom is 0.163 e. The van der Waals surface area contributed by atoms with Gasteiger partial charge in [0.15, 0.2) is 11.5 Å². The van der Waals surface area contributed by atoms with Crippen molar-refractivity contribution in [2.24, 2.45) is 0 Å². The van der Waals surface area contributed by atoms with Crippen molar-refractivity contribution in [3.63, 3.8) is 0 Å². The first-order chi connectivity index (χ1) is 12.0. The number of ether oxygens (including phenoxy) is 2. The highest BCUT2D eigenvalue weighted by Gasteiger charge is 2.12. The Morgan fingerprint density at radius 3 is 2.48 bits per heavy atom. The van der Waals surface area contributed by atoms with Crippen LogP contribution >= 0.6 is 11.6 Å². The number of nitrogens with one attached hydrogen (secondary N) is 1. The average Bonchev–Trinajstić information content (AvgIpc) is 2.56. The number of hydrogen-bond donors (Lipinski definition) is 1. The van der Waals surface area contributed by atoms with Gasteiger partial charge in [-0.1, -0.05) is 23.7 Å². The molecule has 0 bridgehead atoms. The summed E-state index contributed by atoms with van der Waals surface area (Å²) in [7, 11) is 0. The molecule has 3 nitrogen and oxygen atoms in total. The van der Waals surface area contributed by atoms with Crippen molar-refractivity contribution in [2.45, 2.75) is 39.8 Å². The first kappa shape index (κ1) is 19.5. The minimum absolute atomic E-state index is 0.0509. The second-order valence-corrected chi connectivity index (χ2v) is 6.45. The second-order valence-electron chi connectivity index (χ2n) is 6.04. The monoisotopic (exact) mass is 365 g/mol. The normalized spacial score (nSPS) is 11.0. The molecule has 0 fully saturated rings. The molecule has 2 aromatic carbocycles. The molecule has 2 rings (SSSR count). The summed E-state index contributed by atoms with van der Waals surface area (Å²) in [4.78, 5) is 0. The van der Waals surface area contributed by atoms with Crippen LogP contribution in [0.25, 0.3) is 0 Å². The Bertz CT molecular complexity index is 674. The van der Waals surface area contributed by atoms with Crippen molar-refractivity contribution in [3.05, 3.63) is 58.4 Å². The predicted octanol–water partition coefficient (Wildman–Crippen LogP) is 5.00. The Hall–Kier alpha value is -1.78. The molecule has 2 aromatic rings. The summed E-state index contributed by atoms with van der Waals surface area (Å²) in [6.07, 6.45) is 0.875. The van der Waals surface area contributed by atoms with Gasteiger partial charge in [-0.3, -0.25) is 0 Å². The fraction of sp³-hybridized carbons (Fsp3) is 0.400. The average molecular weight is 366 g/mol. The van der Waals surface area contributed by atoms with E-state index in [1.807, 2.05) is 32.9 Å². The molecule has 0 aliphatic carbocycles. The van der Waals surface area contributed by atoms with E-state index in [2.05, 4.69) is 5.32 Å². The molecule has 0 unspecified atom stereocenters. The van der Waals surface area contributed by atoms with Gasteiger partial charge in [0.25, 0.3) is 0 Å². The Morgan fingerprint density at radius 1 is 1.12 bits per heavy atom. The zero-order chi connectivity index (χ0) is 18.2. The van der Waals surface area contributed by atoms with E-state index in [0.29, 0.717) is 29.7 Å². The van der Waals surface area contributed by atoms with Gasteiger partial charge in [0.1, 0.15) is 5.82 Å². The van der Waals surface area contributed by atoms with Gasteiger partial charge in [-0.2, -0.15) is 0 Å². The van der Waals surface area contributed by atoms with Gasteiger partial charge < -0.3 is 14.8 Å². The molecule has 0 heterocycles. The van der Waals surface area contributed by atoms with Gasteiger partial charge in [-0.15, -0.1) is 0 Å². The van der Waals surface area contributed by atoms with Gasteiger partial charge in [-0.05, 0) is 63.1 Å². The minimum atomic E-state index is -0.212. The van der Waals surface area contributed by atoms with Crippen LogP contribution in [0.2, 0.25) is 5.02 Å². The Labute approximate surface area is 154 Å². The molecule has 0 aromatic heterocycles. The highest BCUT2D eigenvalue weighted by molar-refractivity contribution is 6.31. The smallest absolute Gasteiger partial charge is 0.163 e. The lowest BCUT2D eigenvalue weighted by molar-refractivity contribution is 0.223. The van der Waals surface area contributed by atoms with Gasteiger partial charge in [0.05, 0.1) is 12.7 Å². The van der Waals surface area contributed by atoms with Crippen molar-refractivity contribution >= 4 is 11.6 Å². The number of rotatable bonds is 9. The summed E-state index contributed by atoms with van der Waals surface area (Å²) in [5.41, 5.74) is 2.05. The predicted molar refractivity (Wildman–Crippen MR) is 100 cm³/mol. The molecule has 0 aliphatic heterocycles. The Kier molecular flexibility index (Phi) is 7.53. The zero-order valence-corrected chi connectivity index (χ0v) is 15.7. The molecule has 136 valence electrons. The van der Waals surface area contributed by atoms with E-state index in [-0.39, 0.29) is 11.9 Å². The van der Waals surface area contributed by atoms with Gasteiger partial charge in [0.2, 0.25) is 0 Å². The highest BCUT2D eigenvalue weighted by Crippen LogP contribution is 2.34. The molecule has 0 saturated heterocycles. The zero-order valence-electron chi connectivity index (χ0n) is 14.9. The van der Waals surface area contributed by atoms with Crippen LogP contribution < -0.4 is 14.8 Å². The van der Waals surface area contributed by atoms with Crippen molar-refractivity contribution < 1.29 is 13.9 Å². The first-order valence-electron chi connectivity index (χ1n) is 8.56. The molecule has 0 spiro atoms. The molecular weight excluding hydrogens is 341 g/mol. The topological polar surface area (TPSA) is 30.5 Å². The van der Waals surface area contributed by atoms with Crippen molar-refractivity contribution in [1.29, 1.82) is 0 Å². The largest absolute Gasteiger partial charge is 0.490 e. The second kappa shape index (κ2) is 9.64. The summed E-state index contributed by atoms with van der Waals surface area (Å²) in [6, 6.07) is 10.3. The molecule has 1 N–H and O–H groups in total. The lowest BCUT2D eigenvalue weighted by atomic mass is 10.1. The van der Waals surface area contributed by atoms with Gasteiger partial charge >= 0.3 is 0 Å². The molecule has 0 saturated carbocycles. The third-order valence-corrected chi connectivity index (χ3v) is 3.95. The van der Waals surface area contributed by atoms with Gasteiger partial charge in [-0.25, -0.2) is 4.39 Å². The number of benzene rings is 2. The minimum Gasteiger partial charge on any atom is -0.490 e. The van der Waals surface area contributed by atoms with Crippen LogP contribution in [0.5, 0.6) is 11.5 Å². The van der Waals surface area contributed by atoms with Crippen LogP contribution in [0.15, 0.2) is 36.4 Å². The van der Waals surface area contributed by atoms with E-state index in [1.165, 1.54) is 12.1 Å². The highest BCUT2D eigenvalue weighted by atomic mass is 35.5. The fourth-order valence-electron chi connectivity index (χ4n) is 2.43. The van der Waals surface area contributed by atoms with Crippen molar-refractivity contribution in [3.8, 4) is 11.5 Å².